The average molecular weight is 476 g/mol. The molecule has 0 radical (unpaired) electrons. The summed E-state index contributed by atoms with van der Waals surface area (Å²) in [5.41, 5.74) is 3.54. The molecule has 1 aliphatic carbocycles. The van der Waals surface area contributed by atoms with Crippen LogP contribution >= 0.6 is 15.9 Å². The Kier molecular flexibility index (Phi) is 5.47. The highest BCUT2D eigenvalue weighted by Crippen LogP contribution is 2.37. The number of ether oxygens (including phenoxy) is 1. The molecule has 1 aliphatic rings. The molecule has 2 aromatic carbocycles. The molecule has 156 valence electrons. The Labute approximate surface area is 189 Å². The van der Waals surface area contributed by atoms with Crippen molar-refractivity contribution in [3.63, 3.8) is 0 Å². The number of hydrogen-bond acceptors (Lipinski definition) is 4. The van der Waals surface area contributed by atoms with Gasteiger partial charge in [0.15, 0.2) is 0 Å². The van der Waals surface area contributed by atoms with Crippen LogP contribution in [0.25, 0.3) is 16.9 Å². The van der Waals surface area contributed by atoms with Crippen molar-refractivity contribution < 1.29 is 9.53 Å². The normalized spacial score (nSPS) is 13.7. The van der Waals surface area contributed by atoms with Gasteiger partial charge in [-0.2, -0.15) is 0 Å². The highest BCUT2D eigenvalue weighted by atomic mass is 79.9. The number of halogens is 1. The van der Waals surface area contributed by atoms with Crippen molar-refractivity contribution in [2.75, 3.05) is 5.32 Å². The largest absolute Gasteiger partial charge is 0.426 e. The van der Waals surface area contributed by atoms with Gasteiger partial charge >= 0.3 is 5.97 Å². The van der Waals surface area contributed by atoms with Crippen molar-refractivity contribution in [2.45, 2.75) is 25.8 Å². The van der Waals surface area contributed by atoms with Crippen LogP contribution in [0.15, 0.2) is 77.4 Å². The van der Waals surface area contributed by atoms with E-state index in [9.17, 15) is 4.79 Å². The Hall–Kier alpha value is -3.12. The van der Waals surface area contributed by atoms with Gasteiger partial charge in [0, 0.05) is 22.8 Å². The number of carbonyl (C=O) groups excluding carboxylic acids is 1. The lowest BCUT2D eigenvalue weighted by Crippen LogP contribution is -2.26. The number of rotatable bonds is 6. The van der Waals surface area contributed by atoms with E-state index in [1.807, 2.05) is 65.2 Å². The second kappa shape index (κ2) is 8.55. The number of nitrogens with one attached hydrogen (secondary N) is 1. The second-order valence-corrected chi connectivity index (χ2v) is 8.68. The number of benzene rings is 2. The van der Waals surface area contributed by atoms with Gasteiger partial charge in [0.05, 0.1) is 5.92 Å². The third kappa shape index (κ3) is 4.08. The lowest BCUT2D eigenvalue weighted by molar-refractivity contribution is -0.141. The summed E-state index contributed by atoms with van der Waals surface area (Å²) in [6, 6.07) is 21.8. The maximum atomic E-state index is 12.5. The van der Waals surface area contributed by atoms with E-state index in [0.29, 0.717) is 12.3 Å². The van der Waals surface area contributed by atoms with Crippen molar-refractivity contribution in [3.05, 3.63) is 83.0 Å². The molecule has 31 heavy (non-hydrogen) atoms. The molecule has 6 heteroatoms. The fraction of sp³-hybridized carbons (Fsp3) is 0.200. The highest BCUT2D eigenvalue weighted by molar-refractivity contribution is 9.10. The van der Waals surface area contributed by atoms with Crippen LogP contribution in [0.1, 0.15) is 24.8 Å². The number of carbonyl (C=O) groups is 1. The Bertz CT molecular complexity index is 1230. The molecular weight excluding hydrogens is 454 g/mol. The van der Waals surface area contributed by atoms with Crippen LogP contribution < -0.4 is 10.1 Å². The first-order valence-electron chi connectivity index (χ1n) is 10.5. The van der Waals surface area contributed by atoms with Gasteiger partial charge < -0.3 is 10.1 Å². The minimum absolute atomic E-state index is 0.0146. The third-order valence-corrected chi connectivity index (χ3v) is 6.15. The van der Waals surface area contributed by atoms with E-state index in [1.165, 1.54) is 5.56 Å². The molecule has 5 nitrogen and oxygen atoms in total. The summed E-state index contributed by atoms with van der Waals surface area (Å²) in [5, 5.41) is 3.54. The summed E-state index contributed by atoms with van der Waals surface area (Å²) in [4.78, 5) is 17.4. The fourth-order valence-corrected chi connectivity index (χ4v) is 4.08. The van der Waals surface area contributed by atoms with Gasteiger partial charge in [-0.1, -0.05) is 48.9 Å². The molecule has 0 amide bonds. The Morgan fingerprint density at radius 2 is 1.84 bits per heavy atom. The van der Waals surface area contributed by atoms with Crippen molar-refractivity contribution in [2.24, 2.45) is 5.92 Å². The van der Waals surface area contributed by atoms with Crippen LogP contribution in [-0.2, 0) is 11.3 Å². The number of esters is 1. The zero-order chi connectivity index (χ0) is 21.2. The van der Waals surface area contributed by atoms with E-state index in [2.05, 4.69) is 33.4 Å². The van der Waals surface area contributed by atoms with Gasteiger partial charge in [-0.25, -0.2) is 4.98 Å². The zero-order valence-electron chi connectivity index (χ0n) is 16.9. The molecule has 1 fully saturated rings. The maximum Gasteiger partial charge on any atom is 0.314 e. The summed E-state index contributed by atoms with van der Waals surface area (Å²) in [6.07, 6.45) is 4.90. The van der Waals surface area contributed by atoms with E-state index >= 15 is 0 Å². The van der Waals surface area contributed by atoms with Crippen molar-refractivity contribution in [3.8, 4) is 17.0 Å². The number of para-hydroxylation sites is 1. The maximum absolute atomic E-state index is 12.5. The molecule has 1 N–H and O–H groups in total. The SMILES string of the molecule is O=C(Oc1ccccc1-c1nc2ccc(Br)cn2c1NCc1ccccc1)C1CCC1. The predicted molar refractivity (Wildman–Crippen MR) is 125 cm³/mol. The van der Waals surface area contributed by atoms with Crippen LogP contribution in [-0.4, -0.2) is 15.4 Å². The summed E-state index contributed by atoms with van der Waals surface area (Å²) < 4.78 is 8.79. The van der Waals surface area contributed by atoms with Gasteiger partial charge in [0.25, 0.3) is 0 Å². The Balaban J connectivity index is 1.55. The lowest BCUT2D eigenvalue weighted by Gasteiger charge is -2.23. The molecule has 1 saturated carbocycles. The van der Waals surface area contributed by atoms with E-state index in [-0.39, 0.29) is 11.9 Å². The van der Waals surface area contributed by atoms with E-state index in [1.54, 1.807) is 0 Å². The molecule has 5 rings (SSSR count). The van der Waals surface area contributed by atoms with E-state index < -0.39 is 0 Å². The van der Waals surface area contributed by atoms with Crippen molar-refractivity contribution in [1.82, 2.24) is 9.38 Å². The van der Waals surface area contributed by atoms with Crippen LogP contribution in [0, 0.1) is 5.92 Å². The highest BCUT2D eigenvalue weighted by Gasteiger charge is 2.28. The molecule has 0 spiro atoms. The number of nitrogens with zero attached hydrogens (tertiary/aromatic N) is 2. The Morgan fingerprint density at radius 1 is 1.06 bits per heavy atom. The molecule has 0 bridgehead atoms. The first-order valence-corrected chi connectivity index (χ1v) is 11.2. The molecule has 0 aliphatic heterocycles. The van der Waals surface area contributed by atoms with Crippen LogP contribution in [0.3, 0.4) is 0 Å². The summed E-state index contributed by atoms with van der Waals surface area (Å²) in [7, 11) is 0. The van der Waals surface area contributed by atoms with Crippen molar-refractivity contribution in [1.29, 1.82) is 0 Å². The smallest absolute Gasteiger partial charge is 0.314 e. The van der Waals surface area contributed by atoms with Crippen molar-refractivity contribution >= 4 is 33.4 Å². The van der Waals surface area contributed by atoms with E-state index in [0.717, 1.165) is 46.5 Å². The standard InChI is InChI=1S/C25H22BrN3O2/c26-19-13-14-22-28-23(24(29(22)16-19)27-15-17-7-2-1-3-8-17)20-11-4-5-12-21(20)31-25(30)18-9-6-10-18/h1-5,7-8,11-14,16,18,27H,6,9-10,15H2. The summed E-state index contributed by atoms with van der Waals surface area (Å²) in [6.45, 7) is 0.651. The topological polar surface area (TPSA) is 55.6 Å². The summed E-state index contributed by atoms with van der Waals surface area (Å²) >= 11 is 3.56. The first-order chi connectivity index (χ1) is 15.2. The lowest BCUT2D eigenvalue weighted by atomic mass is 9.86. The molecule has 4 aromatic rings. The third-order valence-electron chi connectivity index (χ3n) is 5.68. The zero-order valence-corrected chi connectivity index (χ0v) is 18.5. The molecule has 0 atom stereocenters. The molecule has 0 unspecified atom stereocenters. The number of pyridine rings is 1. The molecule has 0 saturated heterocycles. The monoisotopic (exact) mass is 475 g/mol. The van der Waals surface area contributed by atoms with Gasteiger partial charge in [0.2, 0.25) is 0 Å². The number of aromatic nitrogens is 2. The van der Waals surface area contributed by atoms with Gasteiger partial charge in [-0.15, -0.1) is 0 Å². The molecular formula is C25H22BrN3O2. The minimum Gasteiger partial charge on any atom is -0.426 e. The quantitative estimate of drug-likeness (QED) is 0.271. The number of hydrogen-bond donors (Lipinski definition) is 1. The fourth-order valence-electron chi connectivity index (χ4n) is 3.74. The molecule has 2 heterocycles. The average Bonchev–Trinajstić information content (AvgIpc) is 3.09. The predicted octanol–water partition coefficient (Wildman–Crippen LogP) is 6.08. The van der Waals surface area contributed by atoms with Gasteiger partial charge in [0.1, 0.15) is 22.9 Å². The van der Waals surface area contributed by atoms with Gasteiger partial charge in [-0.3, -0.25) is 9.20 Å². The van der Waals surface area contributed by atoms with Crippen LogP contribution in [0.5, 0.6) is 5.75 Å². The van der Waals surface area contributed by atoms with E-state index in [4.69, 9.17) is 9.72 Å². The number of anilines is 1. The minimum atomic E-state index is -0.149. The van der Waals surface area contributed by atoms with Gasteiger partial charge in [-0.05, 0) is 58.6 Å². The number of imidazole rings is 1. The number of fused-ring (bicyclic) bond motifs is 1. The molecule has 2 aromatic heterocycles. The van der Waals surface area contributed by atoms with Crippen LogP contribution in [0.2, 0.25) is 0 Å². The first kappa shape index (κ1) is 19.8. The van der Waals surface area contributed by atoms with Crippen LogP contribution in [0.4, 0.5) is 5.82 Å². The Morgan fingerprint density at radius 3 is 2.61 bits per heavy atom. The summed E-state index contributed by atoms with van der Waals surface area (Å²) in [5.74, 6) is 1.27. The second-order valence-electron chi connectivity index (χ2n) is 7.77.